The zero-order valence-electron chi connectivity index (χ0n) is 18.2. The van der Waals surface area contributed by atoms with Crippen LogP contribution in [0, 0.1) is 5.92 Å². The molecule has 162 valence electrons. The quantitative estimate of drug-likeness (QED) is 0.643. The molecule has 0 saturated carbocycles. The van der Waals surface area contributed by atoms with Gasteiger partial charge in [-0.05, 0) is 41.8 Å². The number of methoxy groups -OCH3 is 1. The Bertz CT molecular complexity index is 884. The van der Waals surface area contributed by atoms with Gasteiger partial charge in [0.1, 0.15) is 6.61 Å². The van der Waals surface area contributed by atoms with Crippen LogP contribution in [-0.2, 0) is 16.1 Å². The fourth-order valence-electron chi connectivity index (χ4n) is 3.23. The number of carbonyl (C=O) groups is 2. The lowest BCUT2D eigenvalue weighted by Crippen LogP contribution is -2.34. The average Bonchev–Trinajstić information content (AvgIpc) is 2.67. The van der Waals surface area contributed by atoms with Crippen LogP contribution in [0.2, 0.25) is 5.02 Å². The minimum atomic E-state index is -0.229. The molecule has 1 N–H and O–H groups in total. The largest absolute Gasteiger partial charge is 0.377 e. The van der Waals surface area contributed by atoms with E-state index in [9.17, 15) is 9.59 Å². The first-order valence-corrected chi connectivity index (χ1v) is 10.2. The molecule has 2 amide bonds. The highest BCUT2D eigenvalue weighted by Gasteiger charge is 2.21. The number of halogens is 1. The van der Waals surface area contributed by atoms with Gasteiger partial charge in [-0.3, -0.25) is 9.59 Å². The van der Waals surface area contributed by atoms with E-state index in [0.717, 1.165) is 11.3 Å². The van der Waals surface area contributed by atoms with Crippen molar-refractivity contribution in [1.29, 1.82) is 0 Å². The molecule has 7 heteroatoms. The molecular weight excluding hydrogens is 402 g/mol. The highest BCUT2D eigenvalue weighted by molar-refractivity contribution is 6.33. The second-order valence-electron chi connectivity index (χ2n) is 7.78. The average molecular weight is 432 g/mol. The number of ether oxygens (including phenoxy) is 1. The second-order valence-corrected chi connectivity index (χ2v) is 8.19. The van der Waals surface area contributed by atoms with E-state index in [1.54, 1.807) is 17.0 Å². The van der Waals surface area contributed by atoms with Crippen LogP contribution in [0.5, 0.6) is 0 Å². The van der Waals surface area contributed by atoms with Crippen molar-refractivity contribution >= 4 is 34.8 Å². The van der Waals surface area contributed by atoms with Crippen molar-refractivity contribution in [2.24, 2.45) is 5.92 Å². The zero-order chi connectivity index (χ0) is 22.3. The summed E-state index contributed by atoms with van der Waals surface area (Å²) in [7, 11) is 5.37. The smallest absolute Gasteiger partial charge is 0.255 e. The van der Waals surface area contributed by atoms with E-state index in [1.807, 2.05) is 49.3 Å². The molecule has 0 heterocycles. The van der Waals surface area contributed by atoms with Gasteiger partial charge in [-0.2, -0.15) is 0 Å². The first kappa shape index (κ1) is 23.7. The highest BCUT2D eigenvalue weighted by atomic mass is 35.5. The summed E-state index contributed by atoms with van der Waals surface area (Å²) in [5.41, 5.74) is 3.04. The zero-order valence-corrected chi connectivity index (χ0v) is 19.0. The second kappa shape index (κ2) is 11.0. The summed E-state index contributed by atoms with van der Waals surface area (Å²) in [5, 5.41) is 3.26. The molecule has 2 aromatic carbocycles. The number of carbonyl (C=O) groups excluding carboxylic acids is 2. The predicted octanol–water partition coefficient (Wildman–Crippen LogP) is 4.29. The molecule has 0 aliphatic carbocycles. The van der Waals surface area contributed by atoms with Crippen LogP contribution in [0.15, 0.2) is 42.5 Å². The lowest BCUT2D eigenvalue weighted by molar-refractivity contribution is -0.119. The molecule has 30 heavy (non-hydrogen) atoms. The fraction of sp³-hybridized carbons (Fsp3) is 0.391. The lowest BCUT2D eigenvalue weighted by atomic mass is 10.1. The maximum absolute atomic E-state index is 13.3. The summed E-state index contributed by atoms with van der Waals surface area (Å²) in [6.45, 7) is 5.10. The van der Waals surface area contributed by atoms with Crippen molar-refractivity contribution in [1.82, 2.24) is 4.90 Å². The summed E-state index contributed by atoms with van der Waals surface area (Å²) < 4.78 is 4.88. The van der Waals surface area contributed by atoms with E-state index in [2.05, 4.69) is 19.2 Å². The SMILES string of the molecule is COCC(=O)Nc1ccc(N(C)C)c(CN(CC(C)C)C(=O)c2ccccc2Cl)c1. The number of nitrogens with zero attached hydrogens (tertiary/aromatic N) is 2. The Balaban J connectivity index is 2.38. The monoisotopic (exact) mass is 431 g/mol. The number of amides is 2. The van der Waals surface area contributed by atoms with Crippen molar-refractivity contribution in [3.8, 4) is 0 Å². The topological polar surface area (TPSA) is 61.9 Å². The third-order valence-corrected chi connectivity index (χ3v) is 4.79. The van der Waals surface area contributed by atoms with Crippen LogP contribution < -0.4 is 10.2 Å². The molecule has 0 radical (unpaired) electrons. The first-order chi connectivity index (χ1) is 14.2. The van der Waals surface area contributed by atoms with Crippen molar-refractivity contribution in [2.45, 2.75) is 20.4 Å². The van der Waals surface area contributed by atoms with Gasteiger partial charge in [0.2, 0.25) is 5.91 Å². The molecule has 0 bridgehead atoms. The van der Waals surface area contributed by atoms with E-state index >= 15 is 0 Å². The van der Waals surface area contributed by atoms with Crippen molar-refractivity contribution < 1.29 is 14.3 Å². The maximum Gasteiger partial charge on any atom is 0.255 e. The minimum absolute atomic E-state index is 0.0186. The Labute approximate surface area is 183 Å². The fourth-order valence-corrected chi connectivity index (χ4v) is 3.44. The number of benzene rings is 2. The van der Waals surface area contributed by atoms with Crippen LogP contribution in [0.25, 0.3) is 0 Å². The molecule has 0 atom stereocenters. The summed E-state index contributed by atoms with van der Waals surface area (Å²) in [4.78, 5) is 29.0. The maximum atomic E-state index is 13.3. The third-order valence-electron chi connectivity index (χ3n) is 4.46. The van der Waals surface area contributed by atoms with Crippen molar-refractivity contribution in [3.05, 3.63) is 58.6 Å². The molecule has 0 aliphatic heterocycles. The Morgan fingerprint density at radius 2 is 1.83 bits per heavy atom. The first-order valence-electron chi connectivity index (χ1n) is 9.85. The van der Waals surface area contributed by atoms with Crippen molar-refractivity contribution in [2.75, 3.05) is 44.6 Å². The summed E-state index contributed by atoms with van der Waals surface area (Å²) >= 11 is 6.28. The normalized spacial score (nSPS) is 10.8. The van der Waals surface area contributed by atoms with Crippen LogP contribution in [0.4, 0.5) is 11.4 Å². The van der Waals surface area contributed by atoms with Crippen LogP contribution in [0.1, 0.15) is 29.8 Å². The molecule has 0 unspecified atom stereocenters. The number of hydrogen-bond acceptors (Lipinski definition) is 4. The van der Waals surface area contributed by atoms with Gasteiger partial charge >= 0.3 is 0 Å². The van der Waals surface area contributed by atoms with E-state index in [1.165, 1.54) is 7.11 Å². The van der Waals surface area contributed by atoms with E-state index in [4.69, 9.17) is 16.3 Å². The Hall–Kier alpha value is -2.57. The number of nitrogens with one attached hydrogen (secondary N) is 1. The van der Waals surface area contributed by atoms with Crippen LogP contribution in [-0.4, -0.2) is 51.1 Å². The molecule has 6 nitrogen and oxygen atoms in total. The van der Waals surface area contributed by atoms with Crippen LogP contribution >= 0.6 is 11.6 Å². The van der Waals surface area contributed by atoms with Gasteiger partial charge in [0.05, 0.1) is 10.6 Å². The van der Waals surface area contributed by atoms with E-state index in [0.29, 0.717) is 29.4 Å². The Morgan fingerprint density at radius 3 is 2.43 bits per heavy atom. The highest BCUT2D eigenvalue weighted by Crippen LogP contribution is 2.26. The number of anilines is 2. The van der Waals surface area contributed by atoms with Gasteiger partial charge in [0.25, 0.3) is 5.91 Å². The lowest BCUT2D eigenvalue weighted by Gasteiger charge is -2.28. The summed E-state index contributed by atoms with van der Waals surface area (Å²) in [6.07, 6.45) is 0. The van der Waals surface area contributed by atoms with E-state index in [-0.39, 0.29) is 24.3 Å². The van der Waals surface area contributed by atoms with Crippen molar-refractivity contribution in [3.63, 3.8) is 0 Å². The predicted molar refractivity (Wildman–Crippen MR) is 122 cm³/mol. The molecule has 0 aromatic heterocycles. The molecule has 2 rings (SSSR count). The molecule has 0 saturated heterocycles. The van der Waals surface area contributed by atoms with Gasteiger partial charge < -0.3 is 19.9 Å². The third kappa shape index (κ3) is 6.47. The molecular formula is C23H30ClN3O3. The van der Waals surface area contributed by atoms with Gasteiger partial charge in [0.15, 0.2) is 0 Å². The molecule has 0 spiro atoms. The Morgan fingerprint density at radius 1 is 1.13 bits per heavy atom. The standard InChI is InChI=1S/C23H30ClN3O3/c1-16(2)13-27(23(29)19-8-6-7-9-20(19)24)14-17-12-18(25-22(28)15-30-5)10-11-21(17)26(3)4/h6-12,16H,13-15H2,1-5H3,(H,25,28). The van der Waals surface area contributed by atoms with Gasteiger partial charge in [-0.15, -0.1) is 0 Å². The molecule has 0 fully saturated rings. The van der Waals surface area contributed by atoms with E-state index < -0.39 is 0 Å². The Kier molecular flexibility index (Phi) is 8.69. The molecule has 0 aliphatic rings. The number of hydrogen-bond donors (Lipinski definition) is 1. The van der Waals surface area contributed by atoms with Gasteiger partial charge in [0, 0.05) is 45.7 Å². The molecule has 2 aromatic rings. The van der Waals surface area contributed by atoms with Crippen LogP contribution in [0.3, 0.4) is 0 Å². The van der Waals surface area contributed by atoms with Gasteiger partial charge in [-0.25, -0.2) is 0 Å². The number of rotatable bonds is 9. The van der Waals surface area contributed by atoms with Gasteiger partial charge in [-0.1, -0.05) is 37.6 Å². The minimum Gasteiger partial charge on any atom is -0.377 e. The summed E-state index contributed by atoms with van der Waals surface area (Å²) in [5.74, 6) is -0.0658. The summed E-state index contributed by atoms with van der Waals surface area (Å²) in [6, 6.07) is 12.8.